The van der Waals surface area contributed by atoms with Gasteiger partial charge in [0.05, 0.1) is 5.56 Å². The zero-order chi connectivity index (χ0) is 17.4. The van der Waals surface area contributed by atoms with E-state index in [1.807, 2.05) is 0 Å². The molecule has 1 aromatic carbocycles. The number of hydrogen-bond acceptors (Lipinski definition) is 1. The highest BCUT2D eigenvalue weighted by Gasteiger charge is 2.24. The third kappa shape index (κ3) is 5.61. The van der Waals surface area contributed by atoms with Crippen LogP contribution in [-0.4, -0.2) is 11.1 Å². The minimum Gasteiger partial charge on any atom is -0.478 e. The Hall–Kier alpha value is -1.38. The summed E-state index contributed by atoms with van der Waals surface area (Å²) in [6, 6.07) is 4.38. The topological polar surface area (TPSA) is 37.3 Å². The van der Waals surface area contributed by atoms with Gasteiger partial charge in [-0.1, -0.05) is 57.9 Å². The molecule has 0 aliphatic heterocycles. The maximum atomic E-state index is 14.2. The van der Waals surface area contributed by atoms with Crippen molar-refractivity contribution in [1.82, 2.24) is 0 Å². The number of carboxylic acid groups (broad SMARTS) is 1. The van der Waals surface area contributed by atoms with Gasteiger partial charge in [0.2, 0.25) is 0 Å². The molecule has 1 saturated carbocycles. The molecule has 0 heterocycles. The van der Waals surface area contributed by atoms with E-state index in [1.165, 1.54) is 69.9 Å². The zero-order valence-corrected chi connectivity index (χ0v) is 14.9. The number of rotatable bonds is 9. The number of unbranched alkanes of at least 4 members (excludes halogenated alkanes) is 5. The Morgan fingerprint density at radius 3 is 2.38 bits per heavy atom. The van der Waals surface area contributed by atoms with Gasteiger partial charge in [0, 0.05) is 0 Å². The van der Waals surface area contributed by atoms with Crippen LogP contribution in [0.5, 0.6) is 0 Å². The predicted octanol–water partition coefficient (Wildman–Crippen LogP) is 6.55. The first-order valence-corrected chi connectivity index (χ1v) is 9.64. The number of hydrogen-bond donors (Lipinski definition) is 1. The lowest BCUT2D eigenvalue weighted by molar-refractivity contribution is 0.0696. The fourth-order valence-corrected chi connectivity index (χ4v) is 3.97. The third-order valence-corrected chi connectivity index (χ3v) is 5.50. The molecule has 2 nitrogen and oxygen atoms in total. The van der Waals surface area contributed by atoms with Gasteiger partial charge in [0.25, 0.3) is 0 Å². The van der Waals surface area contributed by atoms with Gasteiger partial charge in [0.15, 0.2) is 0 Å². The SMILES string of the molecule is CCCCCCCCC1CCC(c2ccc(C(=O)O)cc2F)CC1. The number of aromatic carboxylic acids is 1. The van der Waals surface area contributed by atoms with E-state index in [-0.39, 0.29) is 17.3 Å². The smallest absolute Gasteiger partial charge is 0.335 e. The minimum atomic E-state index is -1.07. The Morgan fingerprint density at radius 2 is 1.75 bits per heavy atom. The van der Waals surface area contributed by atoms with Gasteiger partial charge in [-0.3, -0.25) is 0 Å². The van der Waals surface area contributed by atoms with Crippen LogP contribution in [0.2, 0.25) is 0 Å². The van der Waals surface area contributed by atoms with Gasteiger partial charge in [-0.05, 0) is 55.2 Å². The molecule has 24 heavy (non-hydrogen) atoms. The summed E-state index contributed by atoms with van der Waals surface area (Å²) in [6.07, 6.45) is 13.8. The predicted molar refractivity (Wildman–Crippen MR) is 96.1 cm³/mol. The summed E-state index contributed by atoms with van der Waals surface area (Å²) in [5, 5.41) is 8.93. The van der Waals surface area contributed by atoms with Crippen molar-refractivity contribution in [3.63, 3.8) is 0 Å². The zero-order valence-electron chi connectivity index (χ0n) is 14.9. The molecule has 1 aromatic rings. The monoisotopic (exact) mass is 334 g/mol. The van der Waals surface area contributed by atoms with Gasteiger partial charge in [-0.2, -0.15) is 0 Å². The normalized spacial score (nSPS) is 20.9. The molecule has 1 aliphatic carbocycles. The molecule has 0 unspecified atom stereocenters. The van der Waals surface area contributed by atoms with Crippen LogP contribution in [0.4, 0.5) is 4.39 Å². The lowest BCUT2D eigenvalue weighted by Gasteiger charge is -2.29. The second kappa shape index (κ2) is 9.80. The number of benzene rings is 1. The summed E-state index contributed by atoms with van der Waals surface area (Å²) < 4.78 is 14.2. The number of carbonyl (C=O) groups is 1. The molecule has 1 fully saturated rings. The average Bonchev–Trinajstić information content (AvgIpc) is 2.58. The first kappa shape index (κ1) is 19.0. The van der Waals surface area contributed by atoms with Crippen molar-refractivity contribution in [1.29, 1.82) is 0 Å². The Bertz CT molecular complexity index is 519. The summed E-state index contributed by atoms with van der Waals surface area (Å²) in [7, 11) is 0. The van der Waals surface area contributed by atoms with Crippen molar-refractivity contribution in [3.05, 3.63) is 35.1 Å². The summed E-state index contributed by atoms with van der Waals surface area (Å²) >= 11 is 0. The highest BCUT2D eigenvalue weighted by Crippen LogP contribution is 2.38. The maximum absolute atomic E-state index is 14.2. The molecule has 2 rings (SSSR count). The third-order valence-electron chi connectivity index (χ3n) is 5.50. The Labute approximate surface area is 145 Å². The molecule has 0 amide bonds. The number of halogens is 1. The molecule has 0 bridgehead atoms. The van der Waals surface area contributed by atoms with E-state index in [4.69, 9.17) is 5.11 Å². The van der Waals surface area contributed by atoms with E-state index in [9.17, 15) is 9.18 Å². The second-order valence-corrected chi connectivity index (χ2v) is 7.32. The van der Waals surface area contributed by atoms with E-state index < -0.39 is 5.97 Å². The fraction of sp³-hybridized carbons (Fsp3) is 0.667. The van der Waals surface area contributed by atoms with Gasteiger partial charge < -0.3 is 5.11 Å². The van der Waals surface area contributed by atoms with Crippen LogP contribution >= 0.6 is 0 Å². The van der Waals surface area contributed by atoms with E-state index in [1.54, 1.807) is 6.07 Å². The van der Waals surface area contributed by atoms with Crippen molar-refractivity contribution in [2.45, 2.75) is 83.5 Å². The highest BCUT2D eigenvalue weighted by molar-refractivity contribution is 5.87. The van der Waals surface area contributed by atoms with Gasteiger partial charge in [-0.15, -0.1) is 0 Å². The molecular formula is C21H31FO2. The molecule has 134 valence electrons. The maximum Gasteiger partial charge on any atom is 0.335 e. The fourth-order valence-electron chi connectivity index (χ4n) is 3.97. The highest BCUT2D eigenvalue weighted by atomic mass is 19.1. The average molecular weight is 334 g/mol. The van der Waals surface area contributed by atoms with E-state index >= 15 is 0 Å². The Morgan fingerprint density at radius 1 is 1.08 bits per heavy atom. The first-order chi connectivity index (χ1) is 11.6. The number of carboxylic acids is 1. The van der Waals surface area contributed by atoms with Crippen LogP contribution < -0.4 is 0 Å². The van der Waals surface area contributed by atoms with Crippen LogP contribution in [0.15, 0.2) is 18.2 Å². The van der Waals surface area contributed by atoms with Crippen LogP contribution in [-0.2, 0) is 0 Å². The standard InChI is InChI=1S/C21H31FO2/c1-2-3-4-5-6-7-8-16-9-11-17(12-10-16)19-14-13-18(21(23)24)15-20(19)22/h13-17H,2-12H2,1H3,(H,23,24). The molecule has 0 saturated heterocycles. The van der Waals surface area contributed by atoms with E-state index in [0.717, 1.165) is 18.8 Å². The molecular weight excluding hydrogens is 303 g/mol. The second-order valence-electron chi connectivity index (χ2n) is 7.32. The molecule has 0 atom stereocenters. The van der Waals surface area contributed by atoms with Gasteiger partial charge in [-0.25, -0.2) is 9.18 Å². The van der Waals surface area contributed by atoms with Crippen molar-refractivity contribution >= 4 is 5.97 Å². The lowest BCUT2D eigenvalue weighted by Crippen LogP contribution is -2.14. The van der Waals surface area contributed by atoms with Crippen molar-refractivity contribution < 1.29 is 14.3 Å². The van der Waals surface area contributed by atoms with Crippen molar-refractivity contribution in [2.75, 3.05) is 0 Å². The van der Waals surface area contributed by atoms with Crippen LogP contribution in [0.1, 0.15) is 99.4 Å². The lowest BCUT2D eigenvalue weighted by atomic mass is 9.76. The van der Waals surface area contributed by atoms with Crippen molar-refractivity contribution in [2.24, 2.45) is 5.92 Å². The Kier molecular flexibility index (Phi) is 7.74. The molecule has 0 spiro atoms. The van der Waals surface area contributed by atoms with Gasteiger partial charge >= 0.3 is 5.97 Å². The van der Waals surface area contributed by atoms with E-state index in [2.05, 4.69) is 6.92 Å². The van der Waals surface area contributed by atoms with Gasteiger partial charge in [0.1, 0.15) is 5.82 Å². The summed E-state index contributed by atoms with van der Waals surface area (Å²) in [6.45, 7) is 2.25. The summed E-state index contributed by atoms with van der Waals surface area (Å²) in [4.78, 5) is 10.9. The molecule has 3 heteroatoms. The molecule has 0 aromatic heterocycles. The minimum absolute atomic E-state index is 0.0352. The summed E-state index contributed by atoms with van der Waals surface area (Å²) in [5.74, 6) is -0.361. The van der Waals surface area contributed by atoms with Crippen LogP contribution in [0.3, 0.4) is 0 Å². The molecule has 1 aliphatic rings. The first-order valence-electron chi connectivity index (χ1n) is 9.64. The van der Waals surface area contributed by atoms with Crippen molar-refractivity contribution in [3.8, 4) is 0 Å². The Balaban J connectivity index is 1.73. The molecule has 1 N–H and O–H groups in total. The largest absolute Gasteiger partial charge is 0.478 e. The van der Waals surface area contributed by atoms with E-state index in [0.29, 0.717) is 5.56 Å². The summed E-state index contributed by atoms with van der Waals surface area (Å²) in [5.41, 5.74) is 0.742. The van der Waals surface area contributed by atoms with Crippen LogP contribution in [0, 0.1) is 11.7 Å². The van der Waals surface area contributed by atoms with Crippen LogP contribution in [0.25, 0.3) is 0 Å². The molecule has 0 radical (unpaired) electrons. The quantitative estimate of drug-likeness (QED) is 0.520.